The number of nitrogens with one attached hydrogen (secondary N) is 1. The molecule has 1 aromatic carbocycles. The number of nitrogens with zero attached hydrogens (tertiary/aromatic N) is 1. The molecule has 104 valence electrons. The van der Waals surface area contributed by atoms with Gasteiger partial charge in [-0.1, -0.05) is 12.1 Å². The molecule has 1 aliphatic carbocycles. The molecule has 5 heteroatoms. The number of benzene rings is 1. The van der Waals surface area contributed by atoms with Crippen molar-refractivity contribution in [3.05, 3.63) is 29.8 Å². The first-order valence-corrected chi connectivity index (χ1v) is 8.43. The van der Waals surface area contributed by atoms with Gasteiger partial charge in [0.25, 0.3) is 0 Å². The highest BCUT2D eigenvalue weighted by Crippen LogP contribution is 2.22. The topological polar surface area (TPSA) is 49.4 Å². The molecule has 0 atom stereocenters. The van der Waals surface area contributed by atoms with Crippen LogP contribution in [0.3, 0.4) is 0 Å². The highest BCUT2D eigenvalue weighted by Gasteiger charge is 2.27. The van der Waals surface area contributed by atoms with Gasteiger partial charge in [-0.05, 0) is 43.4 Å². The van der Waals surface area contributed by atoms with Gasteiger partial charge in [-0.15, -0.1) is 0 Å². The Kier molecular flexibility index (Phi) is 3.60. The maximum absolute atomic E-state index is 12.4. The van der Waals surface area contributed by atoms with Crippen LogP contribution >= 0.6 is 0 Å². The Hall–Kier alpha value is -0.910. The molecule has 2 fully saturated rings. The first-order valence-electron chi connectivity index (χ1n) is 6.99. The van der Waals surface area contributed by atoms with Crippen LogP contribution in [0.2, 0.25) is 0 Å². The molecule has 19 heavy (non-hydrogen) atoms. The Morgan fingerprint density at radius 1 is 1.21 bits per heavy atom. The van der Waals surface area contributed by atoms with Gasteiger partial charge in [0.2, 0.25) is 10.0 Å². The van der Waals surface area contributed by atoms with Crippen molar-refractivity contribution >= 4 is 10.0 Å². The van der Waals surface area contributed by atoms with Gasteiger partial charge in [0.1, 0.15) is 0 Å². The van der Waals surface area contributed by atoms with E-state index in [1.165, 1.54) is 12.8 Å². The summed E-state index contributed by atoms with van der Waals surface area (Å²) in [7, 11) is -3.28. The van der Waals surface area contributed by atoms with Crippen LogP contribution in [0, 0.1) is 0 Å². The molecule has 0 aromatic heterocycles. The van der Waals surface area contributed by atoms with Crippen LogP contribution in [0.25, 0.3) is 0 Å². The third kappa shape index (κ3) is 2.99. The molecule has 0 radical (unpaired) electrons. The predicted octanol–water partition coefficient (Wildman–Crippen LogP) is 1.72. The molecule has 0 amide bonds. The van der Waals surface area contributed by atoms with Crippen molar-refractivity contribution in [2.24, 2.45) is 0 Å². The van der Waals surface area contributed by atoms with Crippen LogP contribution in [0.15, 0.2) is 29.2 Å². The minimum atomic E-state index is -3.28. The van der Waals surface area contributed by atoms with Gasteiger partial charge in [-0.3, -0.25) is 0 Å². The number of hydrogen-bond donors (Lipinski definition) is 1. The molecule has 0 spiro atoms. The van der Waals surface area contributed by atoms with E-state index in [9.17, 15) is 8.42 Å². The molecule has 3 rings (SSSR count). The molecule has 1 saturated carbocycles. The van der Waals surface area contributed by atoms with Crippen LogP contribution in [0.5, 0.6) is 0 Å². The SMILES string of the molecule is O=S(=O)(c1cccc(CNC2CC2)c1)N1CCCC1. The van der Waals surface area contributed by atoms with Crippen LogP contribution in [-0.4, -0.2) is 31.9 Å². The predicted molar refractivity (Wildman–Crippen MR) is 74.3 cm³/mol. The van der Waals surface area contributed by atoms with Gasteiger partial charge < -0.3 is 5.32 Å². The quantitative estimate of drug-likeness (QED) is 0.893. The summed E-state index contributed by atoms with van der Waals surface area (Å²) in [4.78, 5) is 0.435. The lowest BCUT2D eigenvalue weighted by Gasteiger charge is -2.16. The molecule has 1 saturated heterocycles. The third-order valence-electron chi connectivity index (χ3n) is 3.77. The normalized spacial score (nSPS) is 20.8. The molecular formula is C14H20N2O2S. The van der Waals surface area contributed by atoms with Crippen molar-refractivity contribution in [3.8, 4) is 0 Å². The lowest BCUT2D eigenvalue weighted by molar-refractivity contribution is 0.477. The zero-order valence-corrected chi connectivity index (χ0v) is 11.8. The molecule has 4 nitrogen and oxygen atoms in total. The Morgan fingerprint density at radius 3 is 2.63 bits per heavy atom. The average Bonchev–Trinajstić information content (AvgIpc) is 3.07. The Labute approximate surface area is 114 Å². The molecule has 1 aromatic rings. The Bertz CT molecular complexity index is 546. The summed E-state index contributed by atoms with van der Waals surface area (Å²) in [5, 5.41) is 3.41. The number of sulfonamides is 1. The summed E-state index contributed by atoms with van der Waals surface area (Å²) in [6.45, 7) is 2.08. The summed E-state index contributed by atoms with van der Waals surface area (Å²) in [6, 6.07) is 7.97. The molecule has 1 heterocycles. The van der Waals surface area contributed by atoms with Gasteiger partial charge >= 0.3 is 0 Å². The van der Waals surface area contributed by atoms with Gasteiger partial charge in [-0.2, -0.15) is 4.31 Å². The van der Waals surface area contributed by atoms with Gasteiger partial charge in [0.05, 0.1) is 4.90 Å². The zero-order valence-electron chi connectivity index (χ0n) is 11.0. The first kappa shape index (κ1) is 13.1. The number of rotatable bonds is 5. The van der Waals surface area contributed by atoms with Crippen molar-refractivity contribution in [2.45, 2.75) is 43.2 Å². The molecule has 1 aliphatic heterocycles. The van der Waals surface area contributed by atoms with E-state index in [1.807, 2.05) is 18.2 Å². The van der Waals surface area contributed by atoms with E-state index < -0.39 is 10.0 Å². The lowest BCUT2D eigenvalue weighted by Crippen LogP contribution is -2.28. The Morgan fingerprint density at radius 2 is 1.95 bits per heavy atom. The largest absolute Gasteiger partial charge is 0.310 e. The van der Waals surface area contributed by atoms with E-state index in [1.54, 1.807) is 10.4 Å². The van der Waals surface area contributed by atoms with Crippen molar-refractivity contribution in [1.82, 2.24) is 9.62 Å². The summed E-state index contributed by atoms with van der Waals surface area (Å²) in [5.41, 5.74) is 1.05. The van der Waals surface area contributed by atoms with Crippen molar-refractivity contribution in [1.29, 1.82) is 0 Å². The lowest BCUT2D eigenvalue weighted by atomic mass is 10.2. The van der Waals surface area contributed by atoms with Crippen LogP contribution < -0.4 is 5.32 Å². The van der Waals surface area contributed by atoms with Gasteiger partial charge in [-0.25, -0.2) is 8.42 Å². The van der Waals surface area contributed by atoms with Gasteiger partial charge in [0.15, 0.2) is 0 Å². The fraction of sp³-hybridized carbons (Fsp3) is 0.571. The van der Waals surface area contributed by atoms with E-state index in [2.05, 4.69) is 5.32 Å². The van der Waals surface area contributed by atoms with E-state index >= 15 is 0 Å². The van der Waals surface area contributed by atoms with Crippen molar-refractivity contribution in [2.75, 3.05) is 13.1 Å². The molecular weight excluding hydrogens is 260 g/mol. The van der Waals surface area contributed by atoms with Crippen molar-refractivity contribution in [3.63, 3.8) is 0 Å². The maximum Gasteiger partial charge on any atom is 0.243 e. The average molecular weight is 280 g/mol. The minimum Gasteiger partial charge on any atom is -0.310 e. The van der Waals surface area contributed by atoms with E-state index in [0.717, 1.165) is 24.9 Å². The second-order valence-corrected chi connectivity index (χ2v) is 7.35. The summed E-state index contributed by atoms with van der Waals surface area (Å²) in [6.07, 6.45) is 4.43. The fourth-order valence-electron chi connectivity index (χ4n) is 2.44. The molecule has 0 bridgehead atoms. The monoisotopic (exact) mass is 280 g/mol. The van der Waals surface area contributed by atoms with E-state index in [4.69, 9.17) is 0 Å². The Balaban J connectivity index is 1.77. The second-order valence-electron chi connectivity index (χ2n) is 5.41. The first-order chi connectivity index (χ1) is 9.16. The number of hydrogen-bond acceptors (Lipinski definition) is 3. The highest BCUT2D eigenvalue weighted by atomic mass is 32.2. The standard InChI is InChI=1S/C14H20N2O2S/c17-19(18,16-8-1-2-9-16)14-5-3-4-12(10-14)11-15-13-6-7-13/h3-5,10,13,15H,1-2,6-9,11H2. The molecule has 1 N–H and O–H groups in total. The maximum atomic E-state index is 12.4. The van der Waals surface area contributed by atoms with Crippen LogP contribution in [-0.2, 0) is 16.6 Å². The second kappa shape index (κ2) is 5.23. The summed E-state index contributed by atoms with van der Waals surface area (Å²) in [5.74, 6) is 0. The van der Waals surface area contributed by atoms with Crippen LogP contribution in [0.4, 0.5) is 0 Å². The summed E-state index contributed by atoms with van der Waals surface area (Å²) >= 11 is 0. The van der Waals surface area contributed by atoms with Gasteiger partial charge in [0, 0.05) is 25.7 Å². The van der Waals surface area contributed by atoms with Crippen LogP contribution in [0.1, 0.15) is 31.2 Å². The smallest absolute Gasteiger partial charge is 0.243 e. The highest BCUT2D eigenvalue weighted by molar-refractivity contribution is 7.89. The van der Waals surface area contributed by atoms with E-state index in [-0.39, 0.29) is 0 Å². The van der Waals surface area contributed by atoms with E-state index in [0.29, 0.717) is 24.0 Å². The summed E-state index contributed by atoms with van der Waals surface area (Å²) < 4.78 is 26.5. The minimum absolute atomic E-state index is 0.435. The fourth-order valence-corrected chi connectivity index (χ4v) is 4.03. The third-order valence-corrected chi connectivity index (χ3v) is 5.67. The zero-order chi connectivity index (χ0) is 13.3. The molecule has 0 unspecified atom stereocenters. The van der Waals surface area contributed by atoms with Crippen molar-refractivity contribution < 1.29 is 8.42 Å². The molecule has 2 aliphatic rings.